The molecular formula is C14H13Cl2N3O. The van der Waals surface area contributed by atoms with Gasteiger partial charge in [0.2, 0.25) is 0 Å². The number of hydrogen-bond acceptors (Lipinski definition) is 3. The highest BCUT2D eigenvalue weighted by Crippen LogP contribution is 2.12. The minimum absolute atomic E-state index is 0.0431. The molecule has 2 aromatic rings. The molecule has 0 aliphatic carbocycles. The first-order valence-corrected chi connectivity index (χ1v) is 6.85. The van der Waals surface area contributed by atoms with Crippen molar-refractivity contribution in [3.05, 3.63) is 57.8 Å². The van der Waals surface area contributed by atoms with Crippen molar-refractivity contribution in [2.24, 2.45) is 0 Å². The standard InChI is InChI=1S/C14H13Cl2N3O/c1-9(7-10-3-2-4-11(15)8-10)17-14(20)12-5-6-13(16)19-18-12/h2-6,8-9H,7H2,1H3,(H,17,20). The van der Waals surface area contributed by atoms with Crippen molar-refractivity contribution in [3.8, 4) is 0 Å². The third-order valence-electron chi connectivity index (χ3n) is 2.67. The first kappa shape index (κ1) is 14.8. The predicted octanol–water partition coefficient (Wildman–Crippen LogP) is 3.14. The molecule has 104 valence electrons. The summed E-state index contributed by atoms with van der Waals surface area (Å²) in [5.41, 5.74) is 1.31. The fourth-order valence-electron chi connectivity index (χ4n) is 1.80. The topological polar surface area (TPSA) is 54.9 Å². The van der Waals surface area contributed by atoms with E-state index in [1.807, 2.05) is 31.2 Å². The van der Waals surface area contributed by atoms with Crippen molar-refractivity contribution in [2.75, 3.05) is 0 Å². The summed E-state index contributed by atoms with van der Waals surface area (Å²) < 4.78 is 0. The van der Waals surface area contributed by atoms with Crippen LogP contribution >= 0.6 is 23.2 Å². The van der Waals surface area contributed by atoms with Gasteiger partial charge in [-0.2, -0.15) is 0 Å². The van der Waals surface area contributed by atoms with E-state index in [0.717, 1.165) is 5.56 Å². The fourth-order valence-corrected chi connectivity index (χ4v) is 2.12. The van der Waals surface area contributed by atoms with Crippen LogP contribution in [0.25, 0.3) is 0 Å². The highest BCUT2D eigenvalue weighted by atomic mass is 35.5. The number of hydrogen-bond donors (Lipinski definition) is 1. The van der Waals surface area contributed by atoms with E-state index in [2.05, 4.69) is 15.5 Å². The van der Waals surface area contributed by atoms with E-state index in [1.165, 1.54) is 12.1 Å². The van der Waals surface area contributed by atoms with E-state index in [1.54, 1.807) is 0 Å². The number of rotatable bonds is 4. The van der Waals surface area contributed by atoms with Gasteiger partial charge in [-0.05, 0) is 43.2 Å². The van der Waals surface area contributed by atoms with Crippen molar-refractivity contribution in [2.45, 2.75) is 19.4 Å². The third-order valence-corrected chi connectivity index (χ3v) is 3.11. The molecule has 0 aliphatic heterocycles. The van der Waals surface area contributed by atoms with E-state index in [9.17, 15) is 4.79 Å². The second kappa shape index (κ2) is 6.68. The predicted molar refractivity (Wildman–Crippen MR) is 79.1 cm³/mol. The molecule has 0 radical (unpaired) electrons. The number of carbonyl (C=O) groups is 1. The van der Waals surface area contributed by atoms with Crippen molar-refractivity contribution in [1.82, 2.24) is 15.5 Å². The van der Waals surface area contributed by atoms with Crippen molar-refractivity contribution < 1.29 is 4.79 Å². The van der Waals surface area contributed by atoms with E-state index in [4.69, 9.17) is 23.2 Å². The lowest BCUT2D eigenvalue weighted by Gasteiger charge is -2.13. The Kier molecular flexibility index (Phi) is 4.93. The molecular weight excluding hydrogens is 297 g/mol. The second-order valence-electron chi connectivity index (χ2n) is 4.45. The zero-order chi connectivity index (χ0) is 14.5. The van der Waals surface area contributed by atoms with Gasteiger partial charge in [-0.15, -0.1) is 10.2 Å². The number of halogens is 2. The zero-order valence-electron chi connectivity index (χ0n) is 10.8. The zero-order valence-corrected chi connectivity index (χ0v) is 12.3. The van der Waals surface area contributed by atoms with Gasteiger partial charge >= 0.3 is 0 Å². The first-order chi connectivity index (χ1) is 9.54. The van der Waals surface area contributed by atoms with Crippen LogP contribution in [0.5, 0.6) is 0 Å². The van der Waals surface area contributed by atoms with Crippen LogP contribution in [0.15, 0.2) is 36.4 Å². The minimum atomic E-state index is -0.274. The summed E-state index contributed by atoms with van der Waals surface area (Å²) in [6.07, 6.45) is 0.688. The average Bonchev–Trinajstić information content (AvgIpc) is 2.39. The molecule has 0 fully saturated rings. The lowest BCUT2D eigenvalue weighted by molar-refractivity contribution is 0.0934. The second-order valence-corrected chi connectivity index (χ2v) is 5.27. The van der Waals surface area contributed by atoms with Crippen LogP contribution in [0, 0.1) is 0 Å². The number of carbonyl (C=O) groups excluding carboxylic acids is 1. The molecule has 6 heteroatoms. The van der Waals surface area contributed by atoms with Crippen LogP contribution in [0.3, 0.4) is 0 Å². The molecule has 0 saturated heterocycles. The van der Waals surface area contributed by atoms with E-state index in [-0.39, 0.29) is 22.8 Å². The smallest absolute Gasteiger partial charge is 0.272 e. The van der Waals surface area contributed by atoms with Gasteiger partial charge < -0.3 is 5.32 Å². The summed E-state index contributed by atoms with van der Waals surface area (Å²) >= 11 is 11.6. The molecule has 1 unspecified atom stereocenters. The monoisotopic (exact) mass is 309 g/mol. The number of nitrogens with one attached hydrogen (secondary N) is 1. The van der Waals surface area contributed by atoms with E-state index < -0.39 is 0 Å². The maximum absolute atomic E-state index is 11.9. The molecule has 0 aliphatic rings. The van der Waals surface area contributed by atoms with Gasteiger partial charge in [-0.1, -0.05) is 35.3 Å². The summed E-state index contributed by atoms with van der Waals surface area (Å²) in [5, 5.41) is 11.2. The van der Waals surface area contributed by atoms with Crippen LogP contribution in [0.1, 0.15) is 23.0 Å². The van der Waals surface area contributed by atoms with Gasteiger partial charge in [0, 0.05) is 11.1 Å². The quantitative estimate of drug-likeness (QED) is 0.944. The fraction of sp³-hybridized carbons (Fsp3) is 0.214. The summed E-state index contributed by atoms with van der Waals surface area (Å²) in [6.45, 7) is 1.92. The highest BCUT2D eigenvalue weighted by Gasteiger charge is 2.12. The Bertz CT molecular complexity index is 602. The van der Waals surface area contributed by atoms with Crippen molar-refractivity contribution in [3.63, 3.8) is 0 Å². The Morgan fingerprint density at radius 1 is 1.25 bits per heavy atom. The molecule has 0 saturated carbocycles. The Balaban J connectivity index is 1.95. The molecule has 1 atom stereocenters. The molecule has 4 nitrogen and oxygen atoms in total. The van der Waals surface area contributed by atoms with Crippen molar-refractivity contribution >= 4 is 29.1 Å². The SMILES string of the molecule is CC(Cc1cccc(Cl)c1)NC(=O)c1ccc(Cl)nn1. The first-order valence-electron chi connectivity index (χ1n) is 6.09. The van der Waals surface area contributed by atoms with Crippen LogP contribution in [-0.4, -0.2) is 22.1 Å². The molecule has 2 rings (SSSR count). The summed E-state index contributed by atoms with van der Waals surface area (Å²) in [4.78, 5) is 11.9. The maximum Gasteiger partial charge on any atom is 0.272 e. The van der Waals surface area contributed by atoms with E-state index >= 15 is 0 Å². The van der Waals surface area contributed by atoms with E-state index in [0.29, 0.717) is 11.4 Å². The molecule has 1 aromatic carbocycles. The molecule has 1 amide bonds. The van der Waals surface area contributed by atoms with Crippen LogP contribution in [0.4, 0.5) is 0 Å². The molecule has 0 bridgehead atoms. The van der Waals surface area contributed by atoms with Gasteiger partial charge in [0.15, 0.2) is 10.8 Å². The molecule has 1 aromatic heterocycles. The average molecular weight is 310 g/mol. The summed E-state index contributed by atoms with van der Waals surface area (Å²) in [6, 6.07) is 10.6. The number of benzene rings is 1. The van der Waals surface area contributed by atoms with Crippen LogP contribution in [-0.2, 0) is 6.42 Å². The Hall–Kier alpha value is -1.65. The van der Waals surface area contributed by atoms with Gasteiger partial charge in [0.1, 0.15) is 0 Å². The number of amides is 1. The highest BCUT2D eigenvalue weighted by molar-refractivity contribution is 6.30. The lowest BCUT2D eigenvalue weighted by atomic mass is 10.1. The molecule has 0 spiro atoms. The van der Waals surface area contributed by atoms with Gasteiger partial charge in [-0.3, -0.25) is 4.79 Å². The molecule has 1 heterocycles. The van der Waals surface area contributed by atoms with Crippen molar-refractivity contribution in [1.29, 1.82) is 0 Å². The largest absolute Gasteiger partial charge is 0.348 e. The Morgan fingerprint density at radius 2 is 2.05 bits per heavy atom. The van der Waals surface area contributed by atoms with Crippen LogP contribution in [0.2, 0.25) is 10.2 Å². The summed E-state index contributed by atoms with van der Waals surface area (Å²) in [7, 11) is 0. The lowest BCUT2D eigenvalue weighted by Crippen LogP contribution is -2.34. The minimum Gasteiger partial charge on any atom is -0.348 e. The Morgan fingerprint density at radius 3 is 2.70 bits per heavy atom. The maximum atomic E-state index is 11.9. The number of nitrogens with zero attached hydrogens (tertiary/aromatic N) is 2. The molecule has 1 N–H and O–H groups in total. The normalized spacial score (nSPS) is 11.9. The van der Waals surface area contributed by atoms with Gasteiger partial charge in [-0.25, -0.2) is 0 Å². The third kappa shape index (κ3) is 4.18. The number of aromatic nitrogens is 2. The summed E-state index contributed by atoms with van der Waals surface area (Å²) in [5.74, 6) is -0.274. The molecule has 20 heavy (non-hydrogen) atoms. The van der Waals surface area contributed by atoms with Crippen LogP contribution < -0.4 is 5.32 Å². The van der Waals surface area contributed by atoms with Gasteiger partial charge in [0.05, 0.1) is 0 Å². The van der Waals surface area contributed by atoms with Gasteiger partial charge in [0.25, 0.3) is 5.91 Å². The Labute approximate surface area is 127 Å².